The van der Waals surface area contributed by atoms with Crippen molar-refractivity contribution in [1.29, 1.82) is 0 Å². The summed E-state index contributed by atoms with van der Waals surface area (Å²) in [6.45, 7) is 3.78. The highest BCUT2D eigenvalue weighted by Gasteiger charge is 2.31. The number of nitrogens with zero attached hydrogens (tertiary/aromatic N) is 2. The third kappa shape index (κ3) is 2.27. The molecule has 0 amide bonds. The van der Waals surface area contributed by atoms with Crippen LogP contribution in [0.15, 0.2) is 22.6 Å². The van der Waals surface area contributed by atoms with Gasteiger partial charge in [0.05, 0.1) is 19.4 Å². The molecule has 0 atom stereocenters. The zero-order chi connectivity index (χ0) is 13.2. The highest BCUT2D eigenvalue weighted by molar-refractivity contribution is 7.62. The van der Waals surface area contributed by atoms with E-state index in [9.17, 15) is 9.36 Å². The lowest BCUT2D eigenvalue weighted by atomic mass is 10.6. The van der Waals surface area contributed by atoms with Crippen molar-refractivity contribution in [3.05, 3.63) is 28.1 Å². The van der Waals surface area contributed by atoms with Crippen LogP contribution in [-0.2, 0) is 13.6 Å². The van der Waals surface area contributed by atoms with E-state index in [4.69, 9.17) is 9.05 Å². The van der Waals surface area contributed by atoms with Gasteiger partial charge in [-0.2, -0.15) is 0 Å². The summed E-state index contributed by atoms with van der Waals surface area (Å²) in [6, 6.07) is 0. The molecule has 0 N–H and O–H groups in total. The summed E-state index contributed by atoms with van der Waals surface area (Å²) in [7, 11) is -3.58. The van der Waals surface area contributed by atoms with Gasteiger partial charge in [-0.05, 0) is 13.8 Å². The van der Waals surface area contributed by atoms with Gasteiger partial charge < -0.3 is 9.05 Å². The monoisotopic (exact) mass is 288 g/mol. The summed E-state index contributed by atoms with van der Waals surface area (Å²) >= 11 is 1.33. The van der Waals surface area contributed by atoms with Crippen molar-refractivity contribution >= 4 is 29.2 Å². The fourth-order valence-corrected chi connectivity index (χ4v) is 3.77. The van der Waals surface area contributed by atoms with Crippen LogP contribution in [0.25, 0.3) is 4.96 Å². The summed E-state index contributed by atoms with van der Waals surface area (Å²) in [4.78, 5) is 16.8. The van der Waals surface area contributed by atoms with Crippen molar-refractivity contribution in [1.82, 2.24) is 9.38 Å². The zero-order valence-electron chi connectivity index (χ0n) is 10.0. The molecule has 0 saturated heterocycles. The van der Waals surface area contributed by atoms with Gasteiger partial charge in [-0.1, -0.05) is 0 Å². The molecule has 0 bridgehead atoms. The lowest BCUT2D eigenvalue weighted by molar-refractivity contribution is 0.229. The first-order valence-electron chi connectivity index (χ1n) is 5.47. The Bertz CT molecular complexity index is 641. The molecule has 2 aromatic rings. The van der Waals surface area contributed by atoms with Crippen LogP contribution in [0.2, 0.25) is 0 Å². The van der Waals surface area contributed by atoms with Crippen molar-refractivity contribution in [2.45, 2.75) is 13.8 Å². The highest BCUT2D eigenvalue weighted by atomic mass is 32.1. The Kier molecular flexibility index (Phi) is 3.97. The first kappa shape index (κ1) is 13.4. The van der Waals surface area contributed by atoms with E-state index in [2.05, 4.69) is 4.98 Å². The van der Waals surface area contributed by atoms with Crippen LogP contribution in [0, 0.1) is 0 Å². The molecule has 0 radical (unpaired) electrons. The second-order valence-electron chi connectivity index (χ2n) is 3.34. The number of hydrogen-bond donors (Lipinski definition) is 0. The maximum atomic E-state index is 12.5. The summed E-state index contributed by atoms with van der Waals surface area (Å²) in [5.74, 6) is 0. The Labute approximate surface area is 108 Å². The Morgan fingerprint density at radius 2 is 2.06 bits per heavy atom. The van der Waals surface area contributed by atoms with Gasteiger partial charge >= 0.3 is 7.60 Å². The van der Waals surface area contributed by atoms with Crippen LogP contribution in [0.5, 0.6) is 0 Å². The zero-order valence-corrected chi connectivity index (χ0v) is 11.7. The fraction of sp³-hybridized carbons (Fsp3) is 0.400. The molecule has 0 spiro atoms. The minimum Gasteiger partial charge on any atom is -0.305 e. The molecule has 98 valence electrons. The average Bonchev–Trinajstić information content (AvgIpc) is 2.79. The van der Waals surface area contributed by atoms with E-state index < -0.39 is 13.2 Å². The van der Waals surface area contributed by atoms with Crippen LogP contribution in [0.1, 0.15) is 13.8 Å². The van der Waals surface area contributed by atoms with Crippen molar-refractivity contribution in [3.8, 4) is 0 Å². The normalized spacial score (nSPS) is 12.1. The van der Waals surface area contributed by atoms with E-state index >= 15 is 0 Å². The molecule has 0 unspecified atom stereocenters. The SMILES string of the molecule is CCOP(=O)(OCC)c1cnc2sccn2c1=O. The van der Waals surface area contributed by atoms with E-state index in [0.717, 1.165) is 0 Å². The first-order valence-corrected chi connectivity index (χ1v) is 7.89. The van der Waals surface area contributed by atoms with E-state index in [0.29, 0.717) is 4.96 Å². The number of hydrogen-bond acceptors (Lipinski definition) is 6. The molecule has 0 aromatic carbocycles. The van der Waals surface area contributed by atoms with Gasteiger partial charge in [0.15, 0.2) is 4.96 Å². The maximum Gasteiger partial charge on any atom is 0.368 e. The van der Waals surface area contributed by atoms with Crippen molar-refractivity contribution in [3.63, 3.8) is 0 Å². The molecule has 0 aliphatic heterocycles. The largest absolute Gasteiger partial charge is 0.368 e. The summed E-state index contributed by atoms with van der Waals surface area (Å²) in [6.07, 6.45) is 2.86. The van der Waals surface area contributed by atoms with Gasteiger partial charge in [-0.15, -0.1) is 11.3 Å². The second kappa shape index (κ2) is 5.32. The molecule has 2 aromatic heterocycles. The van der Waals surface area contributed by atoms with Crippen LogP contribution in [0.4, 0.5) is 0 Å². The standard InChI is InChI=1S/C10H13N2O4PS/c1-3-15-17(14,16-4-2)8-7-11-10-12(9(8)13)5-6-18-10/h5-7H,3-4H2,1-2H3. The minimum absolute atomic E-state index is 0.0258. The Balaban J connectivity index is 2.61. The van der Waals surface area contributed by atoms with Crippen LogP contribution < -0.4 is 10.9 Å². The fourth-order valence-electron chi connectivity index (χ4n) is 1.52. The number of aromatic nitrogens is 2. The minimum atomic E-state index is -3.58. The lowest BCUT2D eigenvalue weighted by Gasteiger charge is -2.15. The summed E-state index contributed by atoms with van der Waals surface area (Å²) in [5, 5.41) is 1.71. The smallest absolute Gasteiger partial charge is 0.305 e. The second-order valence-corrected chi connectivity index (χ2v) is 6.20. The molecule has 0 aliphatic carbocycles. The third-order valence-electron chi connectivity index (χ3n) is 2.22. The number of thiazole rings is 1. The molecule has 8 heteroatoms. The van der Waals surface area contributed by atoms with Gasteiger partial charge in [0.25, 0.3) is 5.56 Å². The molecule has 0 saturated carbocycles. The molecule has 18 heavy (non-hydrogen) atoms. The van der Waals surface area contributed by atoms with Gasteiger partial charge in [0, 0.05) is 11.6 Å². The van der Waals surface area contributed by atoms with Gasteiger partial charge in [-0.25, -0.2) is 4.98 Å². The van der Waals surface area contributed by atoms with Crippen molar-refractivity contribution in [2.75, 3.05) is 13.2 Å². The van der Waals surface area contributed by atoms with Crippen molar-refractivity contribution in [2.24, 2.45) is 0 Å². The van der Waals surface area contributed by atoms with Gasteiger partial charge in [0.1, 0.15) is 5.30 Å². The van der Waals surface area contributed by atoms with Crippen molar-refractivity contribution < 1.29 is 13.6 Å². The van der Waals surface area contributed by atoms with E-state index in [1.807, 2.05) is 0 Å². The Hall–Kier alpha value is -1.01. The predicted molar refractivity (Wildman–Crippen MR) is 69.8 cm³/mol. The van der Waals surface area contributed by atoms with Gasteiger partial charge in [0.2, 0.25) is 0 Å². The number of rotatable bonds is 5. The molecule has 0 fully saturated rings. The molecule has 6 nitrogen and oxygen atoms in total. The quantitative estimate of drug-likeness (QED) is 0.782. The Morgan fingerprint density at radius 3 is 2.67 bits per heavy atom. The van der Waals surface area contributed by atoms with Gasteiger partial charge in [-0.3, -0.25) is 13.8 Å². The average molecular weight is 288 g/mol. The molecular formula is C10H13N2O4PS. The van der Waals surface area contributed by atoms with E-state index in [1.54, 1.807) is 25.4 Å². The van der Waals surface area contributed by atoms with E-state index in [-0.39, 0.29) is 18.5 Å². The topological polar surface area (TPSA) is 69.9 Å². The summed E-state index contributed by atoms with van der Waals surface area (Å²) in [5.41, 5.74) is -0.411. The third-order valence-corrected chi connectivity index (χ3v) is 5.08. The number of fused-ring (bicyclic) bond motifs is 1. The maximum absolute atomic E-state index is 12.5. The molecule has 0 aliphatic rings. The van der Waals surface area contributed by atoms with Crippen LogP contribution in [-0.4, -0.2) is 22.6 Å². The van der Waals surface area contributed by atoms with Crippen LogP contribution >= 0.6 is 18.9 Å². The highest BCUT2D eigenvalue weighted by Crippen LogP contribution is 2.45. The first-order chi connectivity index (χ1) is 8.62. The molecule has 2 heterocycles. The lowest BCUT2D eigenvalue weighted by Crippen LogP contribution is -2.32. The molecule has 2 rings (SSSR count). The van der Waals surface area contributed by atoms with Crippen LogP contribution in [0.3, 0.4) is 0 Å². The predicted octanol–water partition coefficient (Wildman–Crippen LogP) is 1.65. The molecular weight excluding hydrogens is 275 g/mol. The Morgan fingerprint density at radius 1 is 1.39 bits per heavy atom. The van der Waals surface area contributed by atoms with E-state index in [1.165, 1.54) is 21.9 Å². The summed E-state index contributed by atoms with van der Waals surface area (Å²) < 4.78 is 24.1.